The fourth-order valence-electron chi connectivity index (χ4n) is 5.64. The highest BCUT2D eigenvalue weighted by Crippen LogP contribution is 2.31. The van der Waals surface area contributed by atoms with Gasteiger partial charge in [-0.15, -0.1) is 0 Å². The minimum Gasteiger partial charge on any atom is -0.508 e. The molecule has 4 atom stereocenters. The van der Waals surface area contributed by atoms with Crippen LogP contribution in [0.1, 0.15) is 49.5 Å². The highest BCUT2D eigenvalue weighted by molar-refractivity contribution is 9.10. The van der Waals surface area contributed by atoms with E-state index in [4.69, 9.17) is 0 Å². The average molecular weight is 628 g/mol. The van der Waals surface area contributed by atoms with Gasteiger partial charge in [0.25, 0.3) is 5.91 Å². The van der Waals surface area contributed by atoms with Crippen molar-refractivity contribution in [1.29, 1.82) is 0 Å². The van der Waals surface area contributed by atoms with Crippen LogP contribution in [0.15, 0.2) is 53.0 Å². The van der Waals surface area contributed by atoms with E-state index in [1.165, 1.54) is 28.9 Å². The molecular weight excluding hydrogens is 592 g/mol. The number of phenols is 1. The lowest BCUT2D eigenvalue weighted by Crippen LogP contribution is -2.54. The van der Waals surface area contributed by atoms with Crippen LogP contribution in [-0.2, 0) is 25.6 Å². The molecule has 3 N–H and O–H groups in total. The Labute approximate surface area is 247 Å². The minimum absolute atomic E-state index is 0.0773. The van der Waals surface area contributed by atoms with Crippen molar-refractivity contribution >= 4 is 45.3 Å². The zero-order valence-corrected chi connectivity index (χ0v) is 24.9. The Kier molecular flexibility index (Phi) is 9.47. The molecule has 2 aliphatic rings. The Morgan fingerprint density at radius 1 is 1.00 bits per heavy atom. The van der Waals surface area contributed by atoms with E-state index in [1.807, 2.05) is 13.8 Å². The van der Waals surface area contributed by atoms with Crippen molar-refractivity contribution in [3.63, 3.8) is 0 Å². The largest absolute Gasteiger partial charge is 0.508 e. The number of halogens is 1. The first-order chi connectivity index (χ1) is 19.4. The molecule has 2 saturated heterocycles. The lowest BCUT2D eigenvalue weighted by Gasteiger charge is -2.30. The average Bonchev–Trinajstić information content (AvgIpc) is 3.49. The number of benzene rings is 2. The lowest BCUT2D eigenvalue weighted by atomic mass is 10.0. The van der Waals surface area contributed by atoms with E-state index in [-0.39, 0.29) is 48.8 Å². The molecular formula is C30H35BrN4O6. The van der Waals surface area contributed by atoms with Gasteiger partial charge in [0.1, 0.15) is 23.9 Å². The highest BCUT2D eigenvalue weighted by atomic mass is 79.9. The number of ketones is 1. The zero-order chi connectivity index (χ0) is 29.8. The van der Waals surface area contributed by atoms with Gasteiger partial charge in [0.15, 0.2) is 5.78 Å². The predicted molar refractivity (Wildman–Crippen MR) is 155 cm³/mol. The molecule has 0 radical (unpaired) electrons. The number of fused-ring (bicyclic) bond motifs is 1. The Hall–Kier alpha value is -3.73. The molecule has 1 unspecified atom stereocenters. The van der Waals surface area contributed by atoms with Gasteiger partial charge in [0.05, 0.1) is 12.6 Å². The van der Waals surface area contributed by atoms with Crippen LogP contribution in [-0.4, -0.2) is 81.6 Å². The van der Waals surface area contributed by atoms with E-state index in [2.05, 4.69) is 26.6 Å². The fourth-order valence-corrected chi connectivity index (χ4v) is 6.03. The van der Waals surface area contributed by atoms with Crippen LogP contribution in [0, 0.1) is 5.92 Å². The van der Waals surface area contributed by atoms with Gasteiger partial charge in [0.2, 0.25) is 17.7 Å². The van der Waals surface area contributed by atoms with Crippen LogP contribution in [0.2, 0.25) is 0 Å². The van der Waals surface area contributed by atoms with Crippen LogP contribution in [0.4, 0.5) is 0 Å². The predicted octanol–water partition coefficient (Wildman–Crippen LogP) is 2.43. The lowest BCUT2D eigenvalue weighted by molar-refractivity contribution is -0.138. The number of carbonyl (C=O) groups excluding carboxylic acids is 5. The highest BCUT2D eigenvalue weighted by Gasteiger charge is 2.53. The first-order valence-corrected chi connectivity index (χ1v) is 14.5. The summed E-state index contributed by atoms with van der Waals surface area (Å²) in [5, 5.41) is 15.2. The summed E-state index contributed by atoms with van der Waals surface area (Å²) in [7, 11) is 0. The number of nitrogens with one attached hydrogen (secondary N) is 2. The van der Waals surface area contributed by atoms with Crippen molar-refractivity contribution < 1.29 is 29.1 Å². The number of Topliss-reactive ketones (excluding diaryl/α,β-unsaturated/α-hetero) is 1. The number of carbonyl (C=O) groups is 5. The number of likely N-dealkylation sites (tertiary alicyclic amines) is 2. The van der Waals surface area contributed by atoms with Crippen LogP contribution in [0.25, 0.3) is 0 Å². The van der Waals surface area contributed by atoms with Crippen LogP contribution in [0.5, 0.6) is 5.75 Å². The SMILES string of the molecule is CC(=O)N[C@@H](CC(C)C)C(=O)N1CC(=O)[C@@H]2C1CCN2C(=O)[C@H](Cc1ccc(O)cc1)NC(=O)c1cccc(Br)c1. The number of hydrogen-bond acceptors (Lipinski definition) is 6. The molecule has 0 aromatic heterocycles. The maximum absolute atomic E-state index is 14.0. The van der Waals surface area contributed by atoms with Crippen molar-refractivity contribution in [3.05, 3.63) is 64.1 Å². The van der Waals surface area contributed by atoms with Crippen molar-refractivity contribution in [1.82, 2.24) is 20.4 Å². The van der Waals surface area contributed by atoms with Crippen LogP contribution in [0.3, 0.4) is 0 Å². The molecule has 10 nitrogen and oxygen atoms in total. The summed E-state index contributed by atoms with van der Waals surface area (Å²) in [6.07, 6.45) is 0.982. The third-order valence-electron chi connectivity index (χ3n) is 7.44. The summed E-state index contributed by atoms with van der Waals surface area (Å²) in [4.78, 5) is 68.6. The van der Waals surface area contributed by atoms with Crippen molar-refractivity contribution in [2.75, 3.05) is 13.1 Å². The van der Waals surface area contributed by atoms with Crippen LogP contribution >= 0.6 is 15.9 Å². The molecule has 2 aromatic carbocycles. The quantitative estimate of drug-likeness (QED) is 0.391. The van der Waals surface area contributed by atoms with Gasteiger partial charge in [0, 0.05) is 29.9 Å². The molecule has 2 aliphatic heterocycles. The van der Waals surface area contributed by atoms with Gasteiger partial charge < -0.3 is 25.5 Å². The van der Waals surface area contributed by atoms with E-state index in [1.54, 1.807) is 36.4 Å². The number of amides is 4. The third-order valence-corrected chi connectivity index (χ3v) is 7.93. The van der Waals surface area contributed by atoms with E-state index in [0.29, 0.717) is 28.4 Å². The molecule has 0 bridgehead atoms. The minimum atomic E-state index is -0.990. The normalized spacial score (nSPS) is 19.6. The topological polar surface area (TPSA) is 136 Å². The van der Waals surface area contributed by atoms with Gasteiger partial charge in [-0.05, 0) is 54.7 Å². The second-order valence-corrected chi connectivity index (χ2v) is 12.0. The van der Waals surface area contributed by atoms with Crippen molar-refractivity contribution in [3.8, 4) is 5.75 Å². The standard InChI is InChI=1S/C30H35BrN4O6/c1-17(2)13-23(32-18(3)36)30(41)35-16-26(38)27-25(35)11-12-34(27)29(40)24(14-19-7-9-22(37)10-8-19)33-28(39)20-5-4-6-21(31)15-20/h4-10,15,17,23-25,27,37H,11-14,16H2,1-3H3,(H,32,36)(H,33,39)/t23-,24-,25?,27-/m0/s1. The van der Waals surface area contributed by atoms with Crippen molar-refractivity contribution in [2.24, 2.45) is 5.92 Å². The molecule has 11 heteroatoms. The summed E-state index contributed by atoms with van der Waals surface area (Å²) in [5.74, 6) is -1.55. The molecule has 4 rings (SSSR count). The van der Waals surface area contributed by atoms with Gasteiger partial charge in [-0.3, -0.25) is 24.0 Å². The smallest absolute Gasteiger partial charge is 0.251 e. The summed E-state index contributed by atoms with van der Waals surface area (Å²) in [6.45, 7) is 5.36. The van der Waals surface area contributed by atoms with Crippen LogP contribution < -0.4 is 10.6 Å². The first-order valence-electron chi connectivity index (χ1n) is 13.7. The summed E-state index contributed by atoms with van der Waals surface area (Å²) in [5.41, 5.74) is 1.08. The molecule has 0 saturated carbocycles. The Morgan fingerprint density at radius 2 is 1.68 bits per heavy atom. The second-order valence-electron chi connectivity index (χ2n) is 11.1. The number of rotatable bonds is 9. The second kappa shape index (κ2) is 12.8. The molecule has 0 aliphatic carbocycles. The Balaban J connectivity index is 1.56. The van der Waals surface area contributed by atoms with Crippen molar-refractivity contribution in [2.45, 2.75) is 64.2 Å². The van der Waals surface area contributed by atoms with Gasteiger partial charge in [-0.25, -0.2) is 0 Å². The molecule has 2 aromatic rings. The number of nitrogens with zero attached hydrogens (tertiary/aromatic N) is 2. The molecule has 218 valence electrons. The maximum atomic E-state index is 14.0. The van der Waals surface area contributed by atoms with E-state index >= 15 is 0 Å². The number of phenolic OH excluding ortho intramolecular Hbond substituents is 1. The van der Waals surface area contributed by atoms with E-state index in [9.17, 15) is 29.1 Å². The van der Waals surface area contributed by atoms with Gasteiger partial charge in [-0.2, -0.15) is 0 Å². The maximum Gasteiger partial charge on any atom is 0.251 e. The molecule has 2 fully saturated rings. The van der Waals surface area contributed by atoms with E-state index in [0.717, 1.165) is 0 Å². The zero-order valence-electron chi connectivity index (χ0n) is 23.3. The summed E-state index contributed by atoms with van der Waals surface area (Å²) >= 11 is 3.36. The van der Waals surface area contributed by atoms with Gasteiger partial charge >= 0.3 is 0 Å². The molecule has 4 amide bonds. The Morgan fingerprint density at radius 3 is 2.32 bits per heavy atom. The molecule has 2 heterocycles. The van der Waals surface area contributed by atoms with Gasteiger partial charge in [-0.1, -0.05) is 48.0 Å². The number of hydrogen-bond donors (Lipinski definition) is 3. The Bertz CT molecular complexity index is 1330. The molecule has 41 heavy (non-hydrogen) atoms. The first kappa shape index (κ1) is 30.2. The summed E-state index contributed by atoms with van der Waals surface area (Å²) < 4.78 is 0.713. The van der Waals surface area contributed by atoms with E-state index < -0.39 is 36.0 Å². The monoisotopic (exact) mass is 626 g/mol. The fraction of sp³-hybridized carbons (Fsp3) is 0.433. The summed E-state index contributed by atoms with van der Waals surface area (Å²) in [6, 6.07) is 10.1. The molecule has 0 spiro atoms. The number of aromatic hydroxyl groups is 1. The third kappa shape index (κ3) is 7.13.